The second-order valence-corrected chi connectivity index (χ2v) is 3.25. The van der Waals surface area contributed by atoms with Crippen molar-refractivity contribution in [1.82, 2.24) is 0 Å². The summed E-state index contributed by atoms with van der Waals surface area (Å²) in [5.74, 6) is 0.145. The molecular weight excluding hydrogens is 196 g/mol. The van der Waals surface area contributed by atoms with Crippen molar-refractivity contribution in [3.63, 3.8) is 0 Å². The van der Waals surface area contributed by atoms with Gasteiger partial charge < -0.3 is 4.74 Å². The van der Waals surface area contributed by atoms with Crippen LogP contribution in [-0.4, -0.2) is 11.0 Å². The maximum absolute atomic E-state index is 10.4. The molecular formula is C7H13BrO2. The molecule has 60 valence electrons. The van der Waals surface area contributed by atoms with Gasteiger partial charge in [0.2, 0.25) is 0 Å². The Morgan fingerprint density at radius 1 is 1.70 bits per heavy atom. The highest BCUT2D eigenvalue weighted by atomic mass is 79.9. The zero-order valence-corrected chi connectivity index (χ0v) is 8.14. The largest absolute Gasteiger partial charge is 0.451 e. The molecule has 2 atom stereocenters. The van der Waals surface area contributed by atoms with E-state index in [1.165, 1.54) is 6.92 Å². The van der Waals surface area contributed by atoms with Crippen LogP contribution in [0.3, 0.4) is 0 Å². The summed E-state index contributed by atoms with van der Waals surface area (Å²) in [5.41, 5.74) is 0. The van der Waals surface area contributed by atoms with Crippen LogP contribution < -0.4 is 0 Å². The van der Waals surface area contributed by atoms with Gasteiger partial charge in [0.05, 0.1) is 0 Å². The summed E-state index contributed by atoms with van der Waals surface area (Å²) < 4.78 is 4.88. The van der Waals surface area contributed by atoms with E-state index in [1.807, 2.05) is 6.92 Å². The average Bonchev–Trinajstić information content (AvgIpc) is 1.85. The monoisotopic (exact) mass is 208 g/mol. The first kappa shape index (κ1) is 9.95. The minimum absolute atomic E-state index is 0.130. The van der Waals surface area contributed by atoms with E-state index in [2.05, 4.69) is 22.9 Å². The lowest BCUT2D eigenvalue weighted by Crippen LogP contribution is -2.16. The molecule has 0 aliphatic rings. The van der Waals surface area contributed by atoms with E-state index in [4.69, 9.17) is 4.74 Å². The van der Waals surface area contributed by atoms with Crippen molar-refractivity contribution < 1.29 is 9.53 Å². The Kier molecular flexibility index (Phi) is 4.69. The lowest BCUT2D eigenvalue weighted by Gasteiger charge is -2.15. The Labute approximate surface area is 70.1 Å². The summed E-state index contributed by atoms with van der Waals surface area (Å²) in [6.07, 6.45) is 1.00. The zero-order chi connectivity index (χ0) is 8.15. The molecule has 0 amide bonds. The molecule has 0 aromatic heterocycles. The van der Waals surface area contributed by atoms with E-state index in [-0.39, 0.29) is 11.0 Å². The van der Waals surface area contributed by atoms with E-state index in [9.17, 15) is 4.79 Å². The first-order chi connectivity index (χ1) is 4.57. The highest BCUT2D eigenvalue weighted by Gasteiger charge is 2.13. The highest BCUT2D eigenvalue weighted by Crippen LogP contribution is 2.16. The van der Waals surface area contributed by atoms with Crippen molar-refractivity contribution in [1.29, 1.82) is 0 Å². The van der Waals surface area contributed by atoms with Gasteiger partial charge in [0.25, 0.3) is 0 Å². The molecule has 0 saturated heterocycles. The van der Waals surface area contributed by atoms with Crippen molar-refractivity contribution in [2.45, 2.75) is 32.2 Å². The van der Waals surface area contributed by atoms with Crippen molar-refractivity contribution in [3.05, 3.63) is 0 Å². The number of carbonyl (C=O) groups excluding carboxylic acids is 1. The van der Waals surface area contributed by atoms with Gasteiger partial charge in [-0.25, -0.2) is 0 Å². The summed E-state index contributed by atoms with van der Waals surface area (Å²) in [7, 11) is 0. The normalized spacial score (nSPS) is 16.0. The van der Waals surface area contributed by atoms with Crippen LogP contribution in [0.15, 0.2) is 0 Å². The van der Waals surface area contributed by atoms with Crippen LogP contribution in [0.5, 0.6) is 0 Å². The minimum Gasteiger partial charge on any atom is -0.451 e. The molecule has 2 unspecified atom stereocenters. The molecule has 0 fully saturated rings. The Morgan fingerprint density at radius 2 is 2.20 bits per heavy atom. The number of carbonyl (C=O) groups is 1. The SMILES string of the molecule is CCC(C)C(Br)OC(C)=O. The highest BCUT2D eigenvalue weighted by molar-refractivity contribution is 9.09. The summed E-state index contributed by atoms with van der Waals surface area (Å²) in [4.78, 5) is 10.4. The van der Waals surface area contributed by atoms with Gasteiger partial charge in [-0.1, -0.05) is 13.8 Å². The van der Waals surface area contributed by atoms with Crippen LogP contribution in [0.25, 0.3) is 0 Å². The Bertz CT molecular complexity index is 114. The molecule has 2 nitrogen and oxygen atoms in total. The topological polar surface area (TPSA) is 26.3 Å². The molecule has 0 rings (SSSR count). The molecule has 10 heavy (non-hydrogen) atoms. The van der Waals surface area contributed by atoms with Crippen LogP contribution >= 0.6 is 15.9 Å². The van der Waals surface area contributed by atoms with Crippen LogP contribution in [0.2, 0.25) is 0 Å². The Hall–Kier alpha value is -0.0500. The lowest BCUT2D eigenvalue weighted by molar-refractivity contribution is -0.143. The molecule has 0 radical (unpaired) electrons. The van der Waals surface area contributed by atoms with Gasteiger partial charge in [0.1, 0.15) is 0 Å². The number of rotatable bonds is 3. The first-order valence-electron chi connectivity index (χ1n) is 3.39. The number of esters is 1. The van der Waals surface area contributed by atoms with Gasteiger partial charge in [0.15, 0.2) is 5.01 Å². The maximum Gasteiger partial charge on any atom is 0.303 e. The van der Waals surface area contributed by atoms with E-state index in [0.717, 1.165) is 6.42 Å². The molecule has 0 aromatic carbocycles. The molecule has 0 aliphatic heterocycles. The van der Waals surface area contributed by atoms with Crippen molar-refractivity contribution in [3.8, 4) is 0 Å². The van der Waals surface area contributed by atoms with Crippen molar-refractivity contribution in [2.24, 2.45) is 5.92 Å². The number of halogens is 1. The summed E-state index contributed by atoms with van der Waals surface area (Å²) in [6.45, 7) is 5.50. The molecule has 0 aromatic rings. The fraction of sp³-hybridized carbons (Fsp3) is 0.857. The van der Waals surface area contributed by atoms with Gasteiger partial charge in [0, 0.05) is 12.8 Å². The zero-order valence-electron chi connectivity index (χ0n) is 6.56. The van der Waals surface area contributed by atoms with E-state index in [1.54, 1.807) is 0 Å². The third-order valence-corrected chi connectivity index (χ3v) is 2.46. The Morgan fingerprint density at radius 3 is 2.50 bits per heavy atom. The van der Waals surface area contributed by atoms with Crippen molar-refractivity contribution >= 4 is 21.9 Å². The molecule has 3 heteroatoms. The second-order valence-electron chi connectivity index (χ2n) is 2.35. The molecule has 0 spiro atoms. The predicted molar refractivity (Wildman–Crippen MR) is 43.9 cm³/mol. The fourth-order valence-electron chi connectivity index (χ4n) is 0.460. The molecule has 0 N–H and O–H groups in total. The third kappa shape index (κ3) is 3.88. The second kappa shape index (κ2) is 4.72. The van der Waals surface area contributed by atoms with Gasteiger partial charge in [-0.15, -0.1) is 0 Å². The summed E-state index contributed by atoms with van der Waals surface area (Å²) in [5, 5.41) is -0.130. The van der Waals surface area contributed by atoms with Crippen molar-refractivity contribution in [2.75, 3.05) is 0 Å². The number of alkyl halides is 1. The van der Waals surface area contributed by atoms with Gasteiger partial charge in [-0.3, -0.25) is 4.79 Å². The van der Waals surface area contributed by atoms with Crippen LogP contribution in [0.4, 0.5) is 0 Å². The molecule has 0 bridgehead atoms. The number of ether oxygens (including phenoxy) is 1. The van der Waals surface area contributed by atoms with Gasteiger partial charge in [-0.2, -0.15) is 0 Å². The van der Waals surface area contributed by atoms with E-state index >= 15 is 0 Å². The van der Waals surface area contributed by atoms with Gasteiger partial charge >= 0.3 is 5.97 Å². The standard InChI is InChI=1S/C7H13BrO2/c1-4-5(2)7(8)10-6(3)9/h5,7H,4H2,1-3H3. The number of hydrogen-bond donors (Lipinski definition) is 0. The van der Waals surface area contributed by atoms with Crippen LogP contribution in [0.1, 0.15) is 27.2 Å². The third-order valence-electron chi connectivity index (χ3n) is 1.37. The van der Waals surface area contributed by atoms with E-state index in [0.29, 0.717) is 5.92 Å². The maximum atomic E-state index is 10.4. The van der Waals surface area contributed by atoms with Gasteiger partial charge in [-0.05, 0) is 22.4 Å². The van der Waals surface area contributed by atoms with Crippen LogP contribution in [0, 0.1) is 5.92 Å². The Balaban J connectivity index is 3.61. The summed E-state index contributed by atoms with van der Waals surface area (Å²) >= 11 is 3.26. The first-order valence-corrected chi connectivity index (χ1v) is 4.30. The minimum atomic E-state index is -0.234. The molecule has 0 heterocycles. The lowest BCUT2D eigenvalue weighted by atomic mass is 10.1. The predicted octanol–water partition coefficient (Wildman–Crippen LogP) is 2.32. The van der Waals surface area contributed by atoms with Crippen LogP contribution in [-0.2, 0) is 9.53 Å². The molecule has 0 saturated carbocycles. The quantitative estimate of drug-likeness (QED) is 0.526. The summed E-state index contributed by atoms with van der Waals surface area (Å²) in [6, 6.07) is 0. The number of hydrogen-bond acceptors (Lipinski definition) is 2. The smallest absolute Gasteiger partial charge is 0.303 e. The molecule has 0 aliphatic carbocycles. The van der Waals surface area contributed by atoms with E-state index < -0.39 is 0 Å². The average molecular weight is 209 g/mol. The fourth-order valence-corrected chi connectivity index (χ4v) is 1.10.